The van der Waals surface area contributed by atoms with Crippen LogP contribution in [0.25, 0.3) is 0 Å². The molecule has 3 N–H and O–H groups in total. The van der Waals surface area contributed by atoms with Crippen LogP contribution in [0.1, 0.15) is 6.92 Å². The predicted octanol–water partition coefficient (Wildman–Crippen LogP) is 0.490. The van der Waals surface area contributed by atoms with E-state index in [1.54, 1.807) is 13.0 Å². The highest BCUT2D eigenvalue weighted by atomic mass is 16.3. The first kappa shape index (κ1) is 7.75. The average Bonchev–Trinajstić information content (AvgIpc) is 1.63. The van der Waals surface area contributed by atoms with Gasteiger partial charge in [0.05, 0.1) is 0 Å². The van der Waals surface area contributed by atoms with Crippen LogP contribution in [0, 0.1) is 0 Å². The van der Waals surface area contributed by atoms with E-state index in [4.69, 9.17) is 10.8 Å². The number of allylic oxidation sites excluding steroid dienone is 2. The SMILES string of the molecule is C/C=C\C(O)=C/C(N)=O. The number of rotatable bonds is 2. The van der Waals surface area contributed by atoms with Gasteiger partial charge in [-0.1, -0.05) is 6.08 Å². The standard InChI is InChI=1S/C6H9NO2/c1-2-3-5(8)4-6(7)9/h2-4,8H,1H3,(H2,7,9)/b3-2-,5-4+. The Bertz CT molecular complexity index is 158. The van der Waals surface area contributed by atoms with Gasteiger partial charge in [-0.25, -0.2) is 0 Å². The summed E-state index contributed by atoms with van der Waals surface area (Å²) in [4.78, 5) is 10.0. The lowest BCUT2D eigenvalue weighted by Crippen LogP contribution is -2.06. The van der Waals surface area contributed by atoms with E-state index in [1.165, 1.54) is 6.08 Å². The van der Waals surface area contributed by atoms with Gasteiger partial charge in [0.25, 0.3) is 0 Å². The summed E-state index contributed by atoms with van der Waals surface area (Å²) in [5.41, 5.74) is 4.71. The second-order valence-corrected chi connectivity index (χ2v) is 1.47. The van der Waals surface area contributed by atoms with Gasteiger partial charge in [0.15, 0.2) is 0 Å². The molecule has 0 aliphatic heterocycles. The minimum atomic E-state index is -0.648. The lowest BCUT2D eigenvalue weighted by Gasteiger charge is -1.85. The van der Waals surface area contributed by atoms with Crippen molar-refractivity contribution in [3.63, 3.8) is 0 Å². The quantitative estimate of drug-likeness (QED) is 0.322. The van der Waals surface area contributed by atoms with E-state index < -0.39 is 5.91 Å². The fourth-order valence-corrected chi connectivity index (χ4v) is 0.365. The van der Waals surface area contributed by atoms with Crippen molar-refractivity contribution < 1.29 is 9.90 Å². The van der Waals surface area contributed by atoms with Gasteiger partial charge >= 0.3 is 0 Å². The summed E-state index contributed by atoms with van der Waals surface area (Å²) in [7, 11) is 0. The third-order valence-electron chi connectivity index (χ3n) is 0.628. The van der Waals surface area contributed by atoms with Crippen LogP contribution in [0.15, 0.2) is 24.0 Å². The Morgan fingerprint density at radius 1 is 1.67 bits per heavy atom. The summed E-state index contributed by atoms with van der Waals surface area (Å²) in [6.45, 7) is 1.73. The molecule has 0 aromatic rings. The van der Waals surface area contributed by atoms with E-state index in [0.717, 1.165) is 6.08 Å². The molecule has 0 atom stereocenters. The van der Waals surface area contributed by atoms with Gasteiger partial charge < -0.3 is 10.8 Å². The molecule has 0 rings (SSSR count). The highest BCUT2D eigenvalue weighted by Gasteiger charge is 1.87. The lowest BCUT2D eigenvalue weighted by atomic mass is 10.4. The molecule has 0 bridgehead atoms. The smallest absolute Gasteiger partial charge is 0.245 e. The average molecular weight is 127 g/mol. The third-order valence-corrected chi connectivity index (χ3v) is 0.628. The molecule has 0 aromatic carbocycles. The van der Waals surface area contributed by atoms with E-state index in [9.17, 15) is 4.79 Å². The normalized spacial score (nSPS) is 12.3. The minimum absolute atomic E-state index is 0.120. The summed E-state index contributed by atoms with van der Waals surface area (Å²) in [5, 5.41) is 8.69. The Balaban J connectivity index is 4.00. The second-order valence-electron chi connectivity index (χ2n) is 1.47. The van der Waals surface area contributed by atoms with Crippen LogP contribution in [-0.4, -0.2) is 11.0 Å². The van der Waals surface area contributed by atoms with Gasteiger partial charge in [0.1, 0.15) is 5.76 Å². The zero-order valence-corrected chi connectivity index (χ0v) is 5.16. The van der Waals surface area contributed by atoms with E-state index in [2.05, 4.69) is 0 Å². The van der Waals surface area contributed by atoms with E-state index in [0.29, 0.717) is 0 Å². The second kappa shape index (κ2) is 3.72. The fraction of sp³-hybridized carbons (Fsp3) is 0.167. The maximum absolute atomic E-state index is 10.0. The molecule has 9 heavy (non-hydrogen) atoms. The van der Waals surface area contributed by atoms with Gasteiger partial charge in [-0.3, -0.25) is 4.79 Å². The molecule has 0 saturated heterocycles. The van der Waals surface area contributed by atoms with Gasteiger partial charge in [-0.15, -0.1) is 0 Å². The van der Waals surface area contributed by atoms with Crippen molar-refractivity contribution in [3.05, 3.63) is 24.0 Å². The molecular weight excluding hydrogens is 118 g/mol. The number of primary amides is 1. The summed E-state index contributed by atoms with van der Waals surface area (Å²) < 4.78 is 0. The Hall–Kier alpha value is -1.25. The van der Waals surface area contributed by atoms with Gasteiger partial charge in [0.2, 0.25) is 5.91 Å². The summed E-state index contributed by atoms with van der Waals surface area (Å²) in [6, 6.07) is 0. The number of hydrogen-bond acceptors (Lipinski definition) is 2. The first-order valence-corrected chi connectivity index (χ1v) is 2.49. The molecule has 3 nitrogen and oxygen atoms in total. The number of carbonyl (C=O) groups excluding carboxylic acids is 1. The van der Waals surface area contributed by atoms with Crippen molar-refractivity contribution in [1.82, 2.24) is 0 Å². The summed E-state index contributed by atoms with van der Waals surface area (Å²) in [5.74, 6) is -0.768. The van der Waals surface area contributed by atoms with Crippen molar-refractivity contribution in [2.24, 2.45) is 5.73 Å². The van der Waals surface area contributed by atoms with Crippen molar-refractivity contribution in [2.75, 3.05) is 0 Å². The number of nitrogens with two attached hydrogens (primary N) is 1. The molecule has 0 saturated carbocycles. The van der Waals surface area contributed by atoms with Crippen molar-refractivity contribution >= 4 is 5.91 Å². The Morgan fingerprint density at radius 3 is 2.56 bits per heavy atom. The molecule has 0 aromatic heterocycles. The van der Waals surface area contributed by atoms with Gasteiger partial charge in [-0.2, -0.15) is 0 Å². The molecule has 0 heterocycles. The highest BCUT2D eigenvalue weighted by Crippen LogP contribution is 1.87. The molecule has 1 amide bonds. The first-order chi connectivity index (χ1) is 4.16. The molecule has 50 valence electrons. The largest absolute Gasteiger partial charge is 0.508 e. The zero-order chi connectivity index (χ0) is 7.28. The molecule has 0 aliphatic rings. The number of aliphatic hydroxyl groups excluding tert-OH is 1. The van der Waals surface area contributed by atoms with Crippen LogP contribution in [0.4, 0.5) is 0 Å². The van der Waals surface area contributed by atoms with Crippen LogP contribution < -0.4 is 5.73 Å². The van der Waals surface area contributed by atoms with Gasteiger partial charge in [0, 0.05) is 6.08 Å². The summed E-state index contributed by atoms with van der Waals surface area (Å²) in [6.07, 6.45) is 3.93. The molecule has 0 aliphatic carbocycles. The molecule has 3 heteroatoms. The molecule has 0 unspecified atom stereocenters. The maximum Gasteiger partial charge on any atom is 0.245 e. The van der Waals surface area contributed by atoms with E-state index in [1.807, 2.05) is 0 Å². The van der Waals surface area contributed by atoms with Crippen LogP contribution in [-0.2, 0) is 4.79 Å². The molecular formula is C6H9NO2. The Kier molecular flexibility index (Phi) is 3.20. The molecule has 0 radical (unpaired) electrons. The van der Waals surface area contributed by atoms with Crippen molar-refractivity contribution in [2.45, 2.75) is 6.92 Å². The van der Waals surface area contributed by atoms with Gasteiger partial charge in [-0.05, 0) is 13.0 Å². The van der Waals surface area contributed by atoms with Crippen LogP contribution in [0.2, 0.25) is 0 Å². The number of carbonyl (C=O) groups is 1. The van der Waals surface area contributed by atoms with E-state index >= 15 is 0 Å². The number of amides is 1. The predicted molar refractivity (Wildman–Crippen MR) is 34.7 cm³/mol. The number of hydrogen-bond donors (Lipinski definition) is 2. The van der Waals surface area contributed by atoms with Crippen LogP contribution in [0.3, 0.4) is 0 Å². The Labute approximate surface area is 53.5 Å². The highest BCUT2D eigenvalue weighted by molar-refractivity contribution is 5.86. The van der Waals surface area contributed by atoms with Crippen molar-refractivity contribution in [3.8, 4) is 0 Å². The number of aliphatic hydroxyl groups is 1. The lowest BCUT2D eigenvalue weighted by molar-refractivity contribution is -0.113. The van der Waals surface area contributed by atoms with Crippen LogP contribution >= 0.6 is 0 Å². The maximum atomic E-state index is 10.0. The van der Waals surface area contributed by atoms with Crippen molar-refractivity contribution in [1.29, 1.82) is 0 Å². The first-order valence-electron chi connectivity index (χ1n) is 2.49. The zero-order valence-electron chi connectivity index (χ0n) is 5.16. The van der Waals surface area contributed by atoms with E-state index in [-0.39, 0.29) is 5.76 Å². The topological polar surface area (TPSA) is 63.3 Å². The third kappa shape index (κ3) is 4.61. The molecule has 0 spiro atoms. The summed E-state index contributed by atoms with van der Waals surface area (Å²) >= 11 is 0. The molecule has 0 fully saturated rings. The van der Waals surface area contributed by atoms with Crippen LogP contribution in [0.5, 0.6) is 0 Å². The fourth-order valence-electron chi connectivity index (χ4n) is 0.365. The Morgan fingerprint density at radius 2 is 2.22 bits per heavy atom. The monoisotopic (exact) mass is 127 g/mol. The minimum Gasteiger partial charge on any atom is -0.508 e.